The summed E-state index contributed by atoms with van der Waals surface area (Å²) in [4.78, 5) is 4.05. The molecule has 0 aliphatic carbocycles. The van der Waals surface area contributed by atoms with Gasteiger partial charge in [-0.3, -0.25) is 4.98 Å². The van der Waals surface area contributed by atoms with Crippen LogP contribution in [0.3, 0.4) is 0 Å². The lowest BCUT2D eigenvalue weighted by Crippen LogP contribution is -2.40. The minimum atomic E-state index is -1.27. The van der Waals surface area contributed by atoms with Crippen LogP contribution in [-0.2, 0) is 5.67 Å². The first-order chi connectivity index (χ1) is 7.62. The first-order valence-corrected chi connectivity index (χ1v) is 5.93. The van der Waals surface area contributed by atoms with Crippen LogP contribution in [0.15, 0.2) is 18.5 Å². The van der Waals surface area contributed by atoms with Crippen molar-refractivity contribution >= 4 is 0 Å². The second-order valence-corrected chi connectivity index (χ2v) is 4.81. The van der Waals surface area contributed by atoms with E-state index in [0.717, 1.165) is 37.1 Å². The van der Waals surface area contributed by atoms with Crippen molar-refractivity contribution in [2.75, 3.05) is 13.1 Å². The summed E-state index contributed by atoms with van der Waals surface area (Å²) in [5, 5.41) is 3.27. The number of nitrogens with zero attached hydrogens (tertiary/aromatic N) is 1. The second-order valence-electron chi connectivity index (χ2n) is 4.81. The molecule has 1 aromatic rings. The first kappa shape index (κ1) is 11.5. The number of aromatic nitrogens is 1. The van der Waals surface area contributed by atoms with E-state index in [1.54, 1.807) is 19.3 Å². The zero-order valence-electron chi connectivity index (χ0n) is 9.96. The molecule has 0 bridgehead atoms. The number of aryl methyl sites for hydroxylation is 1. The molecule has 2 atom stereocenters. The molecule has 3 heteroatoms. The van der Waals surface area contributed by atoms with E-state index in [1.165, 1.54) is 0 Å². The Balaban J connectivity index is 2.26. The number of alkyl halides is 1. The zero-order valence-corrected chi connectivity index (χ0v) is 9.96. The van der Waals surface area contributed by atoms with Crippen molar-refractivity contribution in [3.8, 4) is 0 Å². The summed E-state index contributed by atoms with van der Waals surface area (Å²) in [7, 11) is 0. The number of pyridine rings is 1. The summed E-state index contributed by atoms with van der Waals surface area (Å²) in [6.45, 7) is 5.42. The van der Waals surface area contributed by atoms with Crippen LogP contribution in [0.25, 0.3) is 0 Å². The molecule has 2 heterocycles. The molecule has 0 spiro atoms. The Morgan fingerprint density at radius 2 is 2.38 bits per heavy atom. The Morgan fingerprint density at radius 3 is 3.00 bits per heavy atom. The third-order valence-corrected chi connectivity index (χ3v) is 3.63. The SMILES string of the molecule is Cc1ccncc1C(C)(F)C1CCCNC1. The van der Waals surface area contributed by atoms with Crippen molar-refractivity contribution in [3.63, 3.8) is 0 Å². The van der Waals surface area contributed by atoms with Crippen molar-refractivity contribution in [1.29, 1.82) is 0 Å². The van der Waals surface area contributed by atoms with Gasteiger partial charge in [-0.15, -0.1) is 0 Å². The van der Waals surface area contributed by atoms with Crippen molar-refractivity contribution in [1.82, 2.24) is 10.3 Å². The van der Waals surface area contributed by atoms with Crippen molar-refractivity contribution in [3.05, 3.63) is 29.6 Å². The standard InChI is InChI=1S/C13H19FN2/c1-10-5-7-16-9-12(10)13(2,14)11-4-3-6-15-8-11/h5,7,9,11,15H,3-4,6,8H2,1-2H3. The molecule has 0 saturated carbocycles. The minimum Gasteiger partial charge on any atom is -0.316 e. The molecule has 1 N–H and O–H groups in total. The highest BCUT2D eigenvalue weighted by atomic mass is 19.1. The Morgan fingerprint density at radius 1 is 1.56 bits per heavy atom. The molecule has 0 aromatic carbocycles. The summed E-state index contributed by atoms with van der Waals surface area (Å²) >= 11 is 0. The molecule has 0 amide bonds. The normalized spacial score (nSPS) is 25.1. The zero-order chi connectivity index (χ0) is 11.6. The Labute approximate surface area is 96.3 Å². The largest absolute Gasteiger partial charge is 0.316 e. The van der Waals surface area contributed by atoms with Gasteiger partial charge < -0.3 is 5.32 Å². The molecule has 1 aromatic heterocycles. The highest BCUT2D eigenvalue weighted by molar-refractivity contribution is 5.28. The molecule has 0 radical (unpaired) electrons. The van der Waals surface area contributed by atoms with E-state index in [2.05, 4.69) is 10.3 Å². The van der Waals surface area contributed by atoms with Gasteiger partial charge in [-0.25, -0.2) is 4.39 Å². The Hall–Kier alpha value is -0.960. The van der Waals surface area contributed by atoms with E-state index < -0.39 is 5.67 Å². The van der Waals surface area contributed by atoms with Crippen molar-refractivity contribution in [2.45, 2.75) is 32.4 Å². The number of rotatable bonds is 2. The van der Waals surface area contributed by atoms with Gasteiger partial charge in [-0.05, 0) is 44.9 Å². The Kier molecular flexibility index (Phi) is 3.24. The van der Waals surface area contributed by atoms with E-state index in [4.69, 9.17) is 0 Å². The van der Waals surface area contributed by atoms with Crippen molar-refractivity contribution in [2.24, 2.45) is 5.92 Å². The van der Waals surface area contributed by atoms with Gasteiger partial charge in [-0.2, -0.15) is 0 Å². The topological polar surface area (TPSA) is 24.9 Å². The summed E-state index contributed by atoms with van der Waals surface area (Å²) in [6.07, 6.45) is 5.40. The van der Waals surface area contributed by atoms with Gasteiger partial charge in [0.2, 0.25) is 0 Å². The van der Waals surface area contributed by atoms with E-state index in [9.17, 15) is 4.39 Å². The minimum absolute atomic E-state index is 0.0594. The van der Waals surface area contributed by atoms with Crippen molar-refractivity contribution < 1.29 is 4.39 Å². The van der Waals surface area contributed by atoms with E-state index in [1.807, 2.05) is 13.0 Å². The molecular formula is C13H19FN2. The summed E-state index contributed by atoms with van der Waals surface area (Å²) < 4.78 is 14.9. The number of hydrogen-bond donors (Lipinski definition) is 1. The average Bonchev–Trinajstić information content (AvgIpc) is 2.30. The fourth-order valence-electron chi connectivity index (χ4n) is 2.51. The lowest BCUT2D eigenvalue weighted by Gasteiger charge is -2.34. The average molecular weight is 222 g/mol. The lowest BCUT2D eigenvalue weighted by atomic mass is 9.79. The van der Waals surface area contributed by atoms with E-state index in [0.29, 0.717) is 0 Å². The van der Waals surface area contributed by atoms with Gasteiger partial charge >= 0.3 is 0 Å². The lowest BCUT2D eigenvalue weighted by molar-refractivity contribution is 0.0801. The number of hydrogen-bond acceptors (Lipinski definition) is 2. The highest BCUT2D eigenvalue weighted by Crippen LogP contribution is 2.38. The molecule has 16 heavy (non-hydrogen) atoms. The maximum absolute atomic E-state index is 14.9. The van der Waals surface area contributed by atoms with E-state index >= 15 is 0 Å². The second kappa shape index (κ2) is 4.50. The van der Waals surface area contributed by atoms with Crippen LogP contribution in [0.5, 0.6) is 0 Å². The van der Waals surface area contributed by atoms with Crippen LogP contribution in [0, 0.1) is 12.8 Å². The molecular weight excluding hydrogens is 203 g/mol. The predicted molar refractivity (Wildman–Crippen MR) is 63.0 cm³/mol. The number of halogens is 1. The molecule has 2 nitrogen and oxygen atoms in total. The Bertz CT molecular complexity index is 357. The fourth-order valence-corrected chi connectivity index (χ4v) is 2.51. The van der Waals surface area contributed by atoms with Crippen LogP contribution >= 0.6 is 0 Å². The summed E-state index contributed by atoms with van der Waals surface area (Å²) in [5.41, 5.74) is 0.459. The van der Waals surface area contributed by atoms with Crippen LogP contribution in [0.1, 0.15) is 30.9 Å². The van der Waals surface area contributed by atoms with E-state index in [-0.39, 0.29) is 5.92 Å². The van der Waals surface area contributed by atoms with Gasteiger partial charge in [0.15, 0.2) is 0 Å². The number of piperidine rings is 1. The molecule has 1 fully saturated rings. The molecule has 88 valence electrons. The third-order valence-electron chi connectivity index (χ3n) is 3.63. The fraction of sp³-hybridized carbons (Fsp3) is 0.615. The van der Waals surface area contributed by atoms with Gasteiger partial charge in [0, 0.05) is 30.4 Å². The molecule has 1 aliphatic heterocycles. The van der Waals surface area contributed by atoms with Gasteiger partial charge in [0.25, 0.3) is 0 Å². The van der Waals surface area contributed by atoms with Crippen LogP contribution in [-0.4, -0.2) is 18.1 Å². The summed E-state index contributed by atoms with van der Waals surface area (Å²) in [5.74, 6) is 0.0594. The van der Waals surface area contributed by atoms with Crippen LogP contribution in [0.4, 0.5) is 4.39 Å². The van der Waals surface area contributed by atoms with Gasteiger partial charge in [0.1, 0.15) is 5.67 Å². The summed E-state index contributed by atoms with van der Waals surface area (Å²) in [6, 6.07) is 1.88. The monoisotopic (exact) mass is 222 g/mol. The first-order valence-electron chi connectivity index (χ1n) is 5.93. The highest BCUT2D eigenvalue weighted by Gasteiger charge is 2.37. The number of nitrogens with one attached hydrogen (secondary N) is 1. The molecule has 2 rings (SSSR count). The maximum Gasteiger partial charge on any atom is 0.139 e. The van der Waals surface area contributed by atoms with Crippen LogP contribution < -0.4 is 5.32 Å². The van der Waals surface area contributed by atoms with Gasteiger partial charge in [0.05, 0.1) is 0 Å². The predicted octanol–water partition coefficient (Wildman–Crippen LogP) is 2.57. The maximum atomic E-state index is 14.9. The van der Waals surface area contributed by atoms with Gasteiger partial charge in [-0.1, -0.05) is 0 Å². The molecule has 1 aliphatic rings. The van der Waals surface area contributed by atoms with Crippen LogP contribution in [0.2, 0.25) is 0 Å². The third kappa shape index (κ3) is 2.09. The quantitative estimate of drug-likeness (QED) is 0.832. The molecule has 2 unspecified atom stereocenters. The molecule has 1 saturated heterocycles. The smallest absolute Gasteiger partial charge is 0.139 e.